The molecule has 10 heteroatoms. The van der Waals surface area contributed by atoms with Crippen molar-refractivity contribution >= 4 is 35.4 Å². The number of allylic oxidation sites excluding steroid dienone is 1. The molecule has 0 aromatic heterocycles. The second-order valence-corrected chi connectivity index (χ2v) is 13.4. The van der Waals surface area contributed by atoms with Crippen LogP contribution < -0.4 is 0 Å². The largest absolute Gasteiger partial charge is 0.466 e. The Balaban J connectivity index is 2.04. The lowest BCUT2D eigenvalue weighted by Crippen LogP contribution is -2.77. The number of ketones is 2. The van der Waals surface area contributed by atoms with Crippen LogP contribution in [0.5, 0.6) is 0 Å². The van der Waals surface area contributed by atoms with E-state index < -0.39 is 86.9 Å². The molecule has 3 saturated carbocycles. The average molecular weight is 561 g/mol. The Hall–Kier alpha value is -3.04. The van der Waals surface area contributed by atoms with E-state index in [1.54, 1.807) is 13.8 Å². The van der Waals surface area contributed by atoms with Crippen molar-refractivity contribution in [3.05, 3.63) is 12.2 Å². The lowest BCUT2D eigenvalue weighted by molar-refractivity contribution is -0.280. The van der Waals surface area contributed by atoms with E-state index >= 15 is 0 Å². The van der Waals surface area contributed by atoms with E-state index in [4.69, 9.17) is 18.9 Å². The number of carbonyl (C=O) groups excluding carboxylic acids is 6. The molecule has 1 aliphatic heterocycles. The molecule has 0 bridgehead atoms. The average Bonchev–Trinajstić information content (AvgIpc) is 2.83. The van der Waals surface area contributed by atoms with Crippen LogP contribution in [0.15, 0.2) is 12.2 Å². The molecule has 3 aliphatic carbocycles. The maximum atomic E-state index is 14.2. The first-order valence-corrected chi connectivity index (χ1v) is 13.7. The number of fused-ring (bicyclic) bond motifs is 5. The molecule has 40 heavy (non-hydrogen) atoms. The van der Waals surface area contributed by atoms with Gasteiger partial charge in [0.1, 0.15) is 18.0 Å². The van der Waals surface area contributed by atoms with E-state index in [0.29, 0.717) is 12.0 Å². The number of rotatable bonds is 3. The highest BCUT2D eigenvalue weighted by atomic mass is 16.6. The summed E-state index contributed by atoms with van der Waals surface area (Å²) in [5, 5.41) is 0. The second kappa shape index (κ2) is 8.98. The van der Waals surface area contributed by atoms with Crippen molar-refractivity contribution in [2.24, 2.45) is 39.4 Å². The summed E-state index contributed by atoms with van der Waals surface area (Å²) in [5.74, 6) is -6.08. The topological polar surface area (TPSA) is 139 Å². The third kappa shape index (κ3) is 3.59. The molecule has 9 atom stereocenters. The van der Waals surface area contributed by atoms with Gasteiger partial charge in [0.15, 0.2) is 5.78 Å². The maximum Gasteiger partial charge on any atom is 0.358 e. The molecule has 0 amide bonds. The van der Waals surface area contributed by atoms with E-state index in [0.717, 1.165) is 7.11 Å². The summed E-state index contributed by atoms with van der Waals surface area (Å²) < 4.78 is 22.4. The van der Waals surface area contributed by atoms with Gasteiger partial charge in [0.05, 0.1) is 18.4 Å². The molecule has 0 unspecified atom stereocenters. The predicted molar refractivity (Wildman–Crippen MR) is 139 cm³/mol. The summed E-state index contributed by atoms with van der Waals surface area (Å²) in [6.45, 7) is 16.9. The molecule has 220 valence electrons. The van der Waals surface area contributed by atoms with Gasteiger partial charge < -0.3 is 18.9 Å². The second-order valence-electron chi connectivity index (χ2n) is 13.4. The van der Waals surface area contributed by atoms with Gasteiger partial charge >= 0.3 is 23.9 Å². The summed E-state index contributed by atoms with van der Waals surface area (Å²) in [6.07, 6.45) is -1.34. The lowest BCUT2D eigenvalue weighted by Gasteiger charge is -2.70. The van der Waals surface area contributed by atoms with Gasteiger partial charge in [-0.1, -0.05) is 39.8 Å². The van der Waals surface area contributed by atoms with Crippen LogP contribution in [0.4, 0.5) is 0 Å². The van der Waals surface area contributed by atoms with E-state index in [1.165, 1.54) is 20.8 Å². The number of esters is 4. The van der Waals surface area contributed by atoms with Gasteiger partial charge in [-0.3, -0.25) is 24.0 Å². The van der Waals surface area contributed by atoms with Crippen LogP contribution in [0.3, 0.4) is 0 Å². The molecular weight excluding hydrogens is 520 g/mol. The summed E-state index contributed by atoms with van der Waals surface area (Å²) in [5.41, 5.74) is -6.31. The van der Waals surface area contributed by atoms with Gasteiger partial charge in [-0.2, -0.15) is 0 Å². The predicted octanol–water partition coefficient (Wildman–Crippen LogP) is 3.14. The number of carbonyl (C=O) groups is 6. The number of ether oxygens (including phenoxy) is 4. The SMILES string of the molecule is C=C1C[C@@H]2[C@@]3(C)CCC(=O)C(C)(C)[C@@H]3[C@@H](OC(C)=O)[C@H](OC(C)=O)[C@@]2(C)[C@H]2C(=O)O[C@](C)(C(=O)OC)C(=O)[C@]12C. The monoisotopic (exact) mass is 560 g/mol. The standard InChI is InChI=1S/C30H40O10/c1-14-13-17-27(6)12-11-18(33)26(4,5)20(27)19(38-15(2)31)22(39-16(3)32)29(17,8)21-23(34)40-30(9,25(36)37-10)24(35)28(14,21)7/h17,19-22H,1,11-13H2,2-10H3/t17-,19-,20+,21+,22+,27-,28-,29-,30+/m1/s1. The minimum absolute atomic E-state index is 0.00196. The van der Waals surface area contributed by atoms with Gasteiger partial charge in [0.25, 0.3) is 5.60 Å². The van der Waals surface area contributed by atoms with Crippen molar-refractivity contribution in [1.29, 1.82) is 0 Å². The molecule has 10 nitrogen and oxygen atoms in total. The van der Waals surface area contributed by atoms with Crippen molar-refractivity contribution in [3.63, 3.8) is 0 Å². The Labute approximate surface area is 234 Å². The van der Waals surface area contributed by atoms with Gasteiger partial charge in [0, 0.05) is 37.0 Å². The highest BCUT2D eigenvalue weighted by Gasteiger charge is 2.79. The van der Waals surface area contributed by atoms with Crippen molar-refractivity contribution in [3.8, 4) is 0 Å². The maximum absolute atomic E-state index is 14.2. The molecule has 1 saturated heterocycles. The molecule has 0 spiro atoms. The molecule has 0 aromatic carbocycles. The van der Waals surface area contributed by atoms with Crippen LogP contribution in [0.2, 0.25) is 0 Å². The zero-order valence-electron chi connectivity index (χ0n) is 24.8. The van der Waals surface area contributed by atoms with E-state index in [1.807, 2.05) is 20.8 Å². The Morgan fingerprint density at radius 3 is 2.05 bits per heavy atom. The van der Waals surface area contributed by atoms with E-state index in [-0.39, 0.29) is 18.6 Å². The number of methoxy groups -OCH3 is 1. The Morgan fingerprint density at radius 1 is 0.950 bits per heavy atom. The number of Topliss-reactive ketones (excluding diaryl/α,β-unsaturated/α-hetero) is 2. The summed E-state index contributed by atoms with van der Waals surface area (Å²) >= 11 is 0. The highest BCUT2D eigenvalue weighted by molar-refractivity contribution is 6.15. The Bertz CT molecular complexity index is 1230. The number of cyclic esters (lactones) is 1. The van der Waals surface area contributed by atoms with Crippen molar-refractivity contribution < 1.29 is 47.7 Å². The molecule has 4 rings (SSSR count). The quantitative estimate of drug-likeness (QED) is 0.219. The molecule has 4 fully saturated rings. The first kappa shape index (κ1) is 29.9. The summed E-state index contributed by atoms with van der Waals surface area (Å²) in [4.78, 5) is 79.5. The Morgan fingerprint density at radius 2 is 1.52 bits per heavy atom. The summed E-state index contributed by atoms with van der Waals surface area (Å²) in [6, 6.07) is 0. The van der Waals surface area contributed by atoms with Gasteiger partial charge in [-0.25, -0.2) is 4.79 Å². The van der Waals surface area contributed by atoms with Gasteiger partial charge in [-0.15, -0.1) is 0 Å². The van der Waals surface area contributed by atoms with E-state index in [9.17, 15) is 28.8 Å². The third-order valence-corrected chi connectivity index (χ3v) is 10.9. The number of hydrogen-bond acceptors (Lipinski definition) is 10. The van der Waals surface area contributed by atoms with Crippen molar-refractivity contribution in [2.45, 2.75) is 92.5 Å². The molecule has 0 aromatic rings. The minimum atomic E-state index is -2.20. The van der Waals surface area contributed by atoms with E-state index in [2.05, 4.69) is 6.58 Å². The first-order valence-electron chi connectivity index (χ1n) is 13.7. The number of hydrogen-bond donors (Lipinski definition) is 0. The Kier molecular flexibility index (Phi) is 6.72. The van der Waals surface area contributed by atoms with Crippen molar-refractivity contribution in [1.82, 2.24) is 0 Å². The smallest absolute Gasteiger partial charge is 0.358 e. The fourth-order valence-corrected chi connectivity index (χ4v) is 9.18. The van der Waals surface area contributed by atoms with Crippen molar-refractivity contribution in [2.75, 3.05) is 7.11 Å². The summed E-state index contributed by atoms with van der Waals surface area (Å²) in [7, 11) is 1.10. The van der Waals surface area contributed by atoms with Crippen LogP contribution >= 0.6 is 0 Å². The third-order valence-electron chi connectivity index (χ3n) is 10.9. The lowest BCUT2D eigenvalue weighted by atomic mass is 9.34. The first-order chi connectivity index (χ1) is 18.2. The highest BCUT2D eigenvalue weighted by Crippen LogP contribution is 2.73. The van der Waals surface area contributed by atoms with Gasteiger partial charge in [-0.05, 0) is 38.0 Å². The van der Waals surface area contributed by atoms with Crippen LogP contribution in [0.1, 0.15) is 74.7 Å². The van der Waals surface area contributed by atoms with Crippen LogP contribution in [0, 0.1) is 39.4 Å². The fourth-order valence-electron chi connectivity index (χ4n) is 9.18. The molecule has 1 heterocycles. The van der Waals surface area contributed by atoms with Crippen LogP contribution in [-0.2, 0) is 47.7 Å². The molecular formula is C30H40O10. The fraction of sp³-hybridized carbons (Fsp3) is 0.733. The van der Waals surface area contributed by atoms with Crippen LogP contribution in [0.25, 0.3) is 0 Å². The van der Waals surface area contributed by atoms with Crippen LogP contribution in [-0.4, -0.2) is 60.4 Å². The zero-order chi connectivity index (χ0) is 30.4. The zero-order valence-corrected chi connectivity index (χ0v) is 24.8. The minimum Gasteiger partial charge on any atom is -0.466 e. The molecule has 4 aliphatic rings. The van der Waals surface area contributed by atoms with Gasteiger partial charge in [0.2, 0.25) is 0 Å². The molecule has 0 radical (unpaired) electrons. The molecule has 0 N–H and O–H groups in total. The normalized spacial score (nSPS) is 43.9.